The Hall–Kier alpha value is -0.810. The number of hydrogen-bond donors (Lipinski definition) is 1. The van der Waals surface area contributed by atoms with Gasteiger partial charge in [0, 0.05) is 13.1 Å². The molecule has 2 atom stereocenters. The lowest BCUT2D eigenvalue weighted by molar-refractivity contribution is -0.142. The van der Waals surface area contributed by atoms with Gasteiger partial charge in [-0.15, -0.1) is 0 Å². The molecule has 5 nitrogen and oxygen atoms in total. The summed E-state index contributed by atoms with van der Waals surface area (Å²) in [5.41, 5.74) is -0.472. The number of carbonyl (C=O) groups excluding carboxylic acids is 1. The van der Waals surface area contributed by atoms with Gasteiger partial charge in [-0.05, 0) is 34.6 Å². The van der Waals surface area contributed by atoms with Crippen LogP contribution in [0.3, 0.4) is 0 Å². The Morgan fingerprint density at radius 2 is 1.81 bits per heavy atom. The van der Waals surface area contributed by atoms with E-state index in [1.165, 1.54) is 0 Å². The first-order chi connectivity index (χ1) is 7.17. The van der Waals surface area contributed by atoms with E-state index in [9.17, 15) is 4.79 Å². The molecule has 16 heavy (non-hydrogen) atoms. The van der Waals surface area contributed by atoms with Crippen LogP contribution in [0.4, 0.5) is 4.79 Å². The molecule has 0 aromatic rings. The fraction of sp³-hybridized carbons (Fsp3) is 0.909. The second-order valence-corrected chi connectivity index (χ2v) is 4.90. The van der Waals surface area contributed by atoms with Crippen LogP contribution in [0.1, 0.15) is 34.6 Å². The Morgan fingerprint density at radius 1 is 1.31 bits per heavy atom. The summed E-state index contributed by atoms with van der Waals surface area (Å²) in [6, 6.07) is 0.0114. The smallest absolute Gasteiger partial charge is 0.407 e. The zero-order chi connectivity index (χ0) is 12.9. The first kappa shape index (κ1) is 15.2. The quantitative estimate of drug-likeness (QED) is 0.751. The highest BCUT2D eigenvalue weighted by Gasteiger charge is 2.22. The molecule has 0 saturated carbocycles. The van der Waals surface area contributed by atoms with E-state index in [0.29, 0.717) is 0 Å². The fourth-order valence-corrected chi connectivity index (χ4v) is 1.10. The molecule has 96 valence electrons. The lowest BCUT2D eigenvalue weighted by Gasteiger charge is -2.29. The summed E-state index contributed by atoms with van der Waals surface area (Å²) in [5.74, 6) is 0. The van der Waals surface area contributed by atoms with E-state index in [4.69, 9.17) is 9.57 Å². The van der Waals surface area contributed by atoms with Gasteiger partial charge in [-0.2, -0.15) is 5.06 Å². The molecule has 0 aromatic heterocycles. The van der Waals surface area contributed by atoms with E-state index in [0.717, 1.165) is 0 Å². The number of amides is 1. The summed E-state index contributed by atoms with van der Waals surface area (Å²) in [6.45, 7) is 9.38. The van der Waals surface area contributed by atoms with Crippen molar-refractivity contribution in [2.75, 3.05) is 14.2 Å². The zero-order valence-corrected chi connectivity index (χ0v) is 11.3. The topological polar surface area (TPSA) is 50.8 Å². The van der Waals surface area contributed by atoms with Crippen molar-refractivity contribution in [1.29, 1.82) is 0 Å². The van der Waals surface area contributed by atoms with E-state index >= 15 is 0 Å². The first-order valence-electron chi connectivity index (χ1n) is 5.44. The maximum absolute atomic E-state index is 11.5. The van der Waals surface area contributed by atoms with E-state index in [-0.39, 0.29) is 12.1 Å². The number of hydroxylamine groups is 2. The monoisotopic (exact) mass is 232 g/mol. The third-order valence-corrected chi connectivity index (χ3v) is 2.33. The number of alkyl carbamates (subject to hydrolysis) is 1. The molecule has 0 rings (SSSR count). The highest BCUT2D eigenvalue weighted by Crippen LogP contribution is 2.08. The summed E-state index contributed by atoms with van der Waals surface area (Å²) < 4.78 is 5.16. The van der Waals surface area contributed by atoms with E-state index in [1.54, 1.807) is 12.2 Å². The molecule has 0 bridgehead atoms. The van der Waals surface area contributed by atoms with E-state index in [1.807, 2.05) is 41.7 Å². The molecule has 0 aromatic carbocycles. The van der Waals surface area contributed by atoms with Gasteiger partial charge in [0.2, 0.25) is 0 Å². The minimum Gasteiger partial charge on any atom is -0.444 e. The van der Waals surface area contributed by atoms with Gasteiger partial charge in [-0.1, -0.05) is 0 Å². The molecule has 0 fully saturated rings. The van der Waals surface area contributed by atoms with E-state index < -0.39 is 11.7 Å². The normalized spacial score (nSPS) is 15.8. The van der Waals surface area contributed by atoms with Crippen molar-refractivity contribution in [2.45, 2.75) is 52.3 Å². The summed E-state index contributed by atoms with van der Waals surface area (Å²) in [4.78, 5) is 16.5. The van der Waals surface area contributed by atoms with Crippen molar-refractivity contribution in [3.8, 4) is 0 Å². The van der Waals surface area contributed by atoms with Crippen molar-refractivity contribution in [3.05, 3.63) is 0 Å². The second-order valence-electron chi connectivity index (χ2n) is 4.90. The summed E-state index contributed by atoms with van der Waals surface area (Å²) in [6.07, 6.45) is -0.406. The van der Waals surface area contributed by atoms with Gasteiger partial charge in [-0.3, -0.25) is 0 Å². The molecule has 1 unspecified atom stereocenters. The van der Waals surface area contributed by atoms with E-state index in [2.05, 4.69) is 5.32 Å². The lowest BCUT2D eigenvalue weighted by Crippen LogP contribution is -2.48. The lowest BCUT2D eigenvalue weighted by atomic mass is 10.2. The number of nitrogens with one attached hydrogen (secondary N) is 1. The predicted octanol–water partition coefficient (Wildman–Crippen LogP) is 1.78. The van der Waals surface area contributed by atoms with Gasteiger partial charge in [-0.25, -0.2) is 4.79 Å². The number of ether oxygens (including phenoxy) is 1. The number of likely N-dealkylation sites (N-methyl/N-ethyl adjacent to an activating group) is 1. The van der Waals surface area contributed by atoms with Crippen molar-refractivity contribution in [1.82, 2.24) is 10.4 Å². The average Bonchev–Trinajstić information content (AvgIpc) is 2.12. The molecule has 0 saturated heterocycles. The first-order valence-corrected chi connectivity index (χ1v) is 5.44. The van der Waals surface area contributed by atoms with Crippen LogP contribution in [0.2, 0.25) is 0 Å². The summed E-state index contributed by atoms with van der Waals surface area (Å²) >= 11 is 0. The Bertz CT molecular complexity index is 226. The number of carbonyl (C=O) groups is 1. The fourth-order valence-electron chi connectivity index (χ4n) is 1.10. The van der Waals surface area contributed by atoms with Crippen LogP contribution >= 0.6 is 0 Å². The number of hydrogen-bond acceptors (Lipinski definition) is 4. The van der Waals surface area contributed by atoms with Crippen LogP contribution in [0.15, 0.2) is 0 Å². The Labute approximate surface area is 98.0 Å². The third kappa shape index (κ3) is 5.92. The van der Waals surface area contributed by atoms with Crippen LogP contribution in [-0.2, 0) is 9.57 Å². The molecule has 5 heteroatoms. The standard InChI is InChI=1S/C11H24N2O3/c1-8(9(2)13(6)15-7)12-10(14)16-11(3,4)5/h8-9H,1-7H3,(H,12,14)/t8-,9?/m0/s1. The molecule has 1 N–H and O–H groups in total. The minimum absolute atomic E-state index is 0.0557. The molecule has 0 aliphatic carbocycles. The molecule has 0 spiro atoms. The SMILES string of the molecule is CON(C)C(C)[C@H](C)NC(=O)OC(C)(C)C. The number of rotatable bonds is 4. The van der Waals surface area contributed by atoms with Crippen LogP contribution in [-0.4, -0.2) is 43.0 Å². The van der Waals surface area contributed by atoms with Gasteiger partial charge in [0.1, 0.15) is 5.60 Å². The molecular formula is C11H24N2O3. The van der Waals surface area contributed by atoms with Gasteiger partial charge in [0.25, 0.3) is 0 Å². The average molecular weight is 232 g/mol. The van der Waals surface area contributed by atoms with Crippen LogP contribution in [0, 0.1) is 0 Å². The third-order valence-electron chi connectivity index (χ3n) is 2.33. The molecular weight excluding hydrogens is 208 g/mol. The molecule has 1 amide bonds. The van der Waals surface area contributed by atoms with Gasteiger partial charge in [0.15, 0.2) is 0 Å². The molecule has 0 heterocycles. The van der Waals surface area contributed by atoms with Gasteiger partial charge in [0.05, 0.1) is 13.2 Å². The van der Waals surface area contributed by atoms with Crippen molar-refractivity contribution in [2.24, 2.45) is 0 Å². The predicted molar refractivity (Wildman–Crippen MR) is 63.1 cm³/mol. The second kappa shape index (κ2) is 6.06. The van der Waals surface area contributed by atoms with Crippen LogP contribution in [0.25, 0.3) is 0 Å². The number of nitrogens with zero attached hydrogens (tertiary/aromatic N) is 1. The highest BCUT2D eigenvalue weighted by molar-refractivity contribution is 5.68. The molecule has 0 radical (unpaired) electrons. The molecule has 0 aliphatic rings. The van der Waals surface area contributed by atoms with Crippen molar-refractivity contribution in [3.63, 3.8) is 0 Å². The van der Waals surface area contributed by atoms with Gasteiger partial charge >= 0.3 is 6.09 Å². The minimum atomic E-state index is -0.472. The maximum Gasteiger partial charge on any atom is 0.407 e. The van der Waals surface area contributed by atoms with Crippen LogP contribution in [0.5, 0.6) is 0 Å². The van der Waals surface area contributed by atoms with Gasteiger partial charge < -0.3 is 14.9 Å². The Kier molecular flexibility index (Phi) is 5.75. The Balaban J connectivity index is 4.14. The Morgan fingerprint density at radius 3 is 2.19 bits per heavy atom. The zero-order valence-electron chi connectivity index (χ0n) is 11.3. The largest absolute Gasteiger partial charge is 0.444 e. The van der Waals surface area contributed by atoms with Crippen molar-refractivity contribution < 1.29 is 14.4 Å². The maximum atomic E-state index is 11.5. The highest BCUT2D eigenvalue weighted by atomic mass is 16.7. The van der Waals surface area contributed by atoms with Crippen LogP contribution < -0.4 is 5.32 Å². The summed E-state index contributed by atoms with van der Waals surface area (Å²) in [5, 5.41) is 4.45. The molecule has 0 aliphatic heterocycles. The summed E-state index contributed by atoms with van der Waals surface area (Å²) in [7, 11) is 3.41. The van der Waals surface area contributed by atoms with Crippen molar-refractivity contribution >= 4 is 6.09 Å².